The lowest BCUT2D eigenvalue weighted by atomic mass is 10.0. The first kappa shape index (κ1) is 12.2. The number of aldehydes is 1. The van der Waals surface area contributed by atoms with Gasteiger partial charge in [0.25, 0.3) is 0 Å². The summed E-state index contributed by atoms with van der Waals surface area (Å²) in [5, 5.41) is 5.14. The van der Waals surface area contributed by atoms with Gasteiger partial charge in [0.05, 0.1) is 12.6 Å². The molecule has 0 spiro atoms. The van der Waals surface area contributed by atoms with Crippen LogP contribution in [0.15, 0.2) is 11.6 Å². The summed E-state index contributed by atoms with van der Waals surface area (Å²) in [6.07, 6.45) is 5.56. The van der Waals surface area contributed by atoms with Gasteiger partial charge in [0.15, 0.2) is 5.13 Å². The fourth-order valence-electron chi connectivity index (χ4n) is 2.00. The number of carbonyl (C=O) groups excluding carboxylic acids is 2. The first-order valence-electron chi connectivity index (χ1n) is 5.68. The molecule has 1 aliphatic heterocycles. The fraction of sp³-hybridized carbons (Fsp3) is 0.545. The van der Waals surface area contributed by atoms with Crippen molar-refractivity contribution in [3.63, 3.8) is 0 Å². The van der Waals surface area contributed by atoms with Gasteiger partial charge in [-0.2, -0.15) is 0 Å². The second-order valence-corrected chi connectivity index (χ2v) is 4.95. The van der Waals surface area contributed by atoms with Gasteiger partial charge in [-0.05, 0) is 19.4 Å². The number of hydrogen-bond acceptors (Lipinski definition) is 5. The van der Waals surface area contributed by atoms with Crippen molar-refractivity contribution >= 4 is 28.7 Å². The number of rotatable bonds is 4. The summed E-state index contributed by atoms with van der Waals surface area (Å²) in [6, 6.07) is -0.106. The number of amides is 1. The summed E-state index contributed by atoms with van der Waals surface area (Å²) in [7, 11) is 0. The number of piperidine rings is 1. The molecule has 0 bridgehead atoms. The standard InChI is InChI=1S/C11H15N3O2S/c15-8-9-3-1-2-5-14(9)7-10(16)13-11-12-4-6-17-11/h4,6,8-9H,1-3,5,7H2,(H,12,13,16). The third-order valence-electron chi connectivity index (χ3n) is 2.85. The molecule has 5 nitrogen and oxygen atoms in total. The minimum atomic E-state index is -0.106. The highest BCUT2D eigenvalue weighted by atomic mass is 32.1. The van der Waals surface area contributed by atoms with Crippen LogP contribution in [0.2, 0.25) is 0 Å². The smallest absolute Gasteiger partial charge is 0.240 e. The molecule has 1 fully saturated rings. The highest BCUT2D eigenvalue weighted by Crippen LogP contribution is 2.15. The Balaban J connectivity index is 1.86. The van der Waals surface area contributed by atoms with Crippen LogP contribution in [-0.4, -0.2) is 41.2 Å². The number of anilines is 1. The monoisotopic (exact) mass is 253 g/mol. The molecular formula is C11H15N3O2S. The molecule has 6 heteroatoms. The number of nitrogens with zero attached hydrogens (tertiary/aromatic N) is 2. The second kappa shape index (κ2) is 5.88. The van der Waals surface area contributed by atoms with Gasteiger partial charge in [0, 0.05) is 11.6 Å². The van der Waals surface area contributed by atoms with Crippen molar-refractivity contribution in [3.05, 3.63) is 11.6 Å². The Labute approximate surface area is 104 Å². The van der Waals surface area contributed by atoms with Gasteiger partial charge < -0.3 is 10.1 Å². The molecule has 0 radical (unpaired) electrons. The molecule has 0 aromatic carbocycles. The molecule has 92 valence electrons. The number of nitrogens with one attached hydrogen (secondary N) is 1. The molecule has 1 saturated heterocycles. The molecule has 2 heterocycles. The molecule has 1 N–H and O–H groups in total. The van der Waals surface area contributed by atoms with Crippen LogP contribution >= 0.6 is 11.3 Å². The van der Waals surface area contributed by atoms with E-state index >= 15 is 0 Å². The van der Waals surface area contributed by atoms with Gasteiger partial charge in [-0.1, -0.05) is 6.42 Å². The molecular weight excluding hydrogens is 238 g/mol. The van der Waals surface area contributed by atoms with E-state index in [1.54, 1.807) is 6.20 Å². The predicted molar refractivity (Wildman–Crippen MR) is 66.0 cm³/mol. The van der Waals surface area contributed by atoms with E-state index in [1.807, 2.05) is 10.3 Å². The van der Waals surface area contributed by atoms with Gasteiger partial charge in [-0.15, -0.1) is 11.3 Å². The lowest BCUT2D eigenvalue weighted by Crippen LogP contribution is -2.44. The van der Waals surface area contributed by atoms with Crippen LogP contribution in [0.4, 0.5) is 5.13 Å². The van der Waals surface area contributed by atoms with E-state index in [-0.39, 0.29) is 18.5 Å². The first-order chi connectivity index (χ1) is 8.29. The Morgan fingerprint density at radius 3 is 3.24 bits per heavy atom. The predicted octanol–water partition coefficient (Wildman–Crippen LogP) is 1.13. The van der Waals surface area contributed by atoms with Gasteiger partial charge >= 0.3 is 0 Å². The average molecular weight is 253 g/mol. The van der Waals surface area contributed by atoms with Crippen molar-refractivity contribution in [3.8, 4) is 0 Å². The van der Waals surface area contributed by atoms with Crippen molar-refractivity contribution in [1.29, 1.82) is 0 Å². The fourth-order valence-corrected chi connectivity index (χ4v) is 2.54. The zero-order chi connectivity index (χ0) is 12.1. The second-order valence-electron chi connectivity index (χ2n) is 4.06. The lowest BCUT2D eigenvalue weighted by Gasteiger charge is -2.31. The number of carbonyl (C=O) groups is 2. The van der Waals surface area contributed by atoms with Crippen LogP contribution < -0.4 is 5.32 Å². The van der Waals surface area contributed by atoms with E-state index in [0.717, 1.165) is 32.1 Å². The van der Waals surface area contributed by atoms with E-state index in [2.05, 4.69) is 10.3 Å². The number of hydrogen-bond donors (Lipinski definition) is 1. The maximum absolute atomic E-state index is 11.7. The Bertz CT molecular complexity index is 380. The summed E-state index contributed by atoms with van der Waals surface area (Å²) in [5.41, 5.74) is 0. The zero-order valence-electron chi connectivity index (χ0n) is 9.46. The SMILES string of the molecule is O=CC1CCCCN1CC(=O)Nc1nccs1. The van der Waals surface area contributed by atoms with E-state index in [1.165, 1.54) is 11.3 Å². The van der Waals surface area contributed by atoms with Crippen LogP contribution in [0.3, 0.4) is 0 Å². The Hall–Kier alpha value is -1.27. The first-order valence-corrected chi connectivity index (χ1v) is 6.56. The number of aromatic nitrogens is 1. The van der Waals surface area contributed by atoms with Crippen LogP contribution in [-0.2, 0) is 9.59 Å². The van der Waals surface area contributed by atoms with Crippen LogP contribution in [0, 0.1) is 0 Å². The molecule has 0 saturated carbocycles. The Kier molecular flexibility index (Phi) is 4.22. The van der Waals surface area contributed by atoms with Crippen molar-refractivity contribution in [2.24, 2.45) is 0 Å². The molecule has 1 amide bonds. The molecule has 1 aromatic rings. The summed E-state index contributed by atoms with van der Waals surface area (Å²) in [6.45, 7) is 1.08. The highest BCUT2D eigenvalue weighted by Gasteiger charge is 2.23. The van der Waals surface area contributed by atoms with E-state index in [4.69, 9.17) is 0 Å². The Morgan fingerprint density at radius 1 is 1.65 bits per heavy atom. The van der Waals surface area contributed by atoms with Crippen molar-refractivity contribution in [2.75, 3.05) is 18.4 Å². The zero-order valence-corrected chi connectivity index (χ0v) is 10.3. The minimum absolute atomic E-state index is 0.103. The van der Waals surface area contributed by atoms with Gasteiger partial charge in [-0.3, -0.25) is 9.69 Å². The van der Waals surface area contributed by atoms with Crippen LogP contribution in [0.25, 0.3) is 0 Å². The van der Waals surface area contributed by atoms with Crippen LogP contribution in [0.1, 0.15) is 19.3 Å². The average Bonchev–Trinajstić information content (AvgIpc) is 2.82. The van der Waals surface area contributed by atoms with E-state index < -0.39 is 0 Å². The summed E-state index contributed by atoms with van der Waals surface area (Å²) in [4.78, 5) is 28.5. The third-order valence-corrected chi connectivity index (χ3v) is 3.54. The van der Waals surface area contributed by atoms with E-state index in [9.17, 15) is 9.59 Å². The largest absolute Gasteiger partial charge is 0.302 e. The summed E-state index contributed by atoms with van der Waals surface area (Å²) < 4.78 is 0. The normalized spacial score (nSPS) is 21.1. The maximum Gasteiger partial charge on any atom is 0.240 e. The quantitative estimate of drug-likeness (QED) is 0.817. The molecule has 0 aliphatic carbocycles. The highest BCUT2D eigenvalue weighted by molar-refractivity contribution is 7.13. The van der Waals surface area contributed by atoms with Gasteiger partial charge in [-0.25, -0.2) is 4.98 Å². The number of likely N-dealkylation sites (tertiary alicyclic amines) is 1. The number of thiazole rings is 1. The Morgan fingerprint density at radius 2 is 2.53 bits per heavy atom. The molecule has 1 aliphatic rings. The summed E-state index contributed by atoms with van der Waals surface area (Å²) in [5.74, 6) is -0.103. The summed E-state index contributed by atoms with van der Waals surface area (Å²) >= 11 is 1.39. The van der Waals surface area contributed by atoms with E-state index in [0.29, 0.717) is 5.13 Å². The van der Waals surface area contributed by atoms with Crippen molar-refractivity contribution in [2.45, 2.75) is 25.3 Å². The molecule has 17 heavy (non-hydrogen) atoms. The molecule has 1 aromatic heterocycles. The third kappa shape index (κ3) is 3.34. The lowest BCUT2D eigenvalue weighted by molar-refractivity contribution is -0.120. The van der Waals surface area contributed by atoms with Gasteiger partial charge in [0.1, 0.15) is 6.29 Å². The van der Waals surface area contributed by atoms with Crippen molar-refractivity contribution in [1.82, 2.24) is 9.88 Å². The van der Waals surface area contributed by atoms with Crippen molar-refractivity contribution < 1.29 is 9.59 Å². The molecule has 2 rings (SSSR count). The topological polar surface area (TPSA) is 62.3 Å². The van der Waals surface area contributed by atoms with Gasteiger partial charge in [0.2, 0.25) is 5.91 Å². The molecule has 1 atom stereocenters. The maximum atomic E-state index is 11.7. The van der Waals surface area contributed by atoms with Crippen LogP contribution in [0.5, 0.6) is 0 Å². The minimum Gasteiger partial charge on any atom is -0.302 e. The molecule has 1 unspecified atom stereocenters.